The minimum Gasteiger partial charge on any atom is -0.340 e. The van der Waals surface area contributed by atoms with E-state index >= 15 is 0 Å². The zero-order valence-corrected chi connectivity index (χ0v) is 12.8. The summed E-state index contributed by atoms with van der Waals surface area (Å²) in [6.07, 6.45) is 8.15. The van der Waals surface area contributed by atoms with E-state index in [0.29, 0.717) is 17.9 Å². The lowest BCUT2D eigenvalue weighted by atomic mass is 9.85. The first-order chi connectivity index (χ1) is 8.75. The molecule has 2 saturated carbocycles. The second-order valence-corrected chi connectivity index (χ2v) is 6.54. The third-order valence-corrected chi connectivity index (χ3v) is 5.09. The molecule has 3 atom stereocenters. The number of amides is 1. The molecule has 110 valence electrons. The predicted molar refractivity (Wildman–Crippen MR) is 79.5 cm³/mol. The van der Waals surface area contributed by atoms with E-state index in [2.05, 4.69) is 17.1 Å². The number of hydrogen-bond acceptors (Lipinski definition) is 2. The molecule has 1 saturated heterocycles. The standard InChI is InChI=1S/C15H26N2O.ClH/c1-11-10-17(8-7-16-11)15(18)14-9-13(14)12-5-3-2-4-6-12;/h11-14,16H,2-10H2,1H3;1H. The molecule has 0 aromatic rings. The highest BCUT2D eigenvalue weighted by atomic mass is 35.5. The molecule has 0 spiro atoms. The fourth-order valence-electron chi connectivity index (χ4n) is 3.95. The Labute approximate surface area is 122 Å². The highest BCUT2D eigenvalue weighted by Gasteiger charge is 2.48. The lowest BCUT2D eigenvalue weighted by molar-refractivity contribution is -0.134. The van der Waals surface area contributed by atoms with E-state index in [1.165, 1.54) is 38.5 Å². The van der Waals surface area contributed by atoms with Gasteiger partial charge < -0.3 is 10.2 Å². The van der Waals surface area contributed by atoms with E-state index in [9.17, 15) is 4.79 Å². The molecule has 1 heterocycles. The van der Waals surface area contributed by atoms with Gasteiger partial charge in [-0.3, -0.25) is 4.79 Å². The zero-order valence-electron chi connectivity index (χ0n) is 11.9. The van der Waals surface area contributed by atoms with Crippen LogP contribution in [0.2, 0.25) is 0 Å². The summed E-state index contributed by atoms with van der Waals surface area (Å²) in [7, 11) is 0. The molecule has 0 radical (unpaired) electrons. The molecule has 1 aliphatic heterocycles. The molecular weight excluding hydrogens is 260 g/mol. The van der Waals surface area contributed by atoms with Crippen molar-refractivity contribution in [2.75, 3.05) is 19.6 Å². The molecule has 3 aliphatic rings. The van der Waals surface area contributed by atoms with Gasteiger partial charge in [0, 0.05) is 31.6 Å². The molecular formula is C15H27ClN2O. The Bertz CT molecular complexity index is 317. The molecule has 0 aromatic heterocycles. The van der Waals surface area contributed by atoms with Crippen molar-refractivity contribution in [3.05, 3.63) is 0 Å². The Kier molecular flexibility index (Phi) is 5.13. The fraction of sp³-hybridized carbons (Fsp3) is 0.933. The fourth-order valence-corrected chi connectivity index (χ4v) is 3.95. The summed E-state index contributed by atoms with van der Waals surface area (Å²) >= 11 is 0. The van der Waals surface area contributed by atoms with Crippen LogP contribution in [-0.2, 0) is 4.79 Å². The van der Waals surface area contributed by atoms with E-state index in [-0.39, 0.29) is 12.4 Å². The van der Waals surface area contributed by atoms with Crippen LogP contribution in [0.1, 0.15) is 45.4 Å². The number of nitrogens with zero attached hydrogens (tertiary/aromatic N) is 1. The van der Waals surface area contributed by atoms with Crippen LogP contribution in [0.25, 0.3) is 0 Å². The highest BCUT2D eigenvalue weighted by molar-refractivity contribution is 5.85. The van der Waals surface area contributed by atoms with Crippen LogP contribution in [0.15, 0.2) is 0 Å². The maximum atomic E-state index is 12.5. The van der Waals surface area contributed by atoms with Crippen LogP contribution < -0.4 is 5.32 Å². The van der Waals surface area contributed by atoms with Gasteiger partial charge in [0.1, 0.15) is 0 Å². The average molecular weight is 287 g/mol. The van der Waals surface area contributed by atoms with Crippen molar-refractivity contribution in [2.24, 2.45) is 17.8 Å². The van der Waals surface area contributed by atoms with Crippen LogP contribution in [0, 0.1) is 17.8 Å². The number of carbonyl (C=O) groups is 1. The Morgan fingerprint density at radius 1 is 1.21 bits per heavy atom. The quantitative estimate of drug-likeness (QED) is 0.846. The Morgan fingerprint density at radius 2 is 1.95 bits per heavy atom. The Balaban J connectivity index is 0.00000133. The first kappa shape index (κ1) is 15.1. The zero-order chi connectivity index (χ0) is 12.5. The van der Waals surface area contributed by atoms with Crippen molar-refractivity contribution in [2.45, 2.75) is 51.5 Å². The van der Waals surface area contributed by atoms with E-state index in [1.54, 1.807) is 0 Å². The molecule has 4 heteroatoms. The van der Waals surface area contributed by atoms with Gasteiger partial charge in [-0.05, 0) is 25.2 Å². The Hall–Kier alpha value is -0.280. The number of piperazine rings is 1. The van der Waals surface area contributed by atoms with Crippen LogP contribution in [0.3, 0.4) is 0 Å². The molecule has 1 N–H and O–H groups in total. The number of halogens is 1. The van der Waals surface area contributed by atoms with Crippen LogP contribution in [0.5, 0.6) is 0 Å². The van der Waals surface area contributed by atoms with Gasteiger partial charge in [-0.1, -0.05) is 32.1 Å². The van der Waals surface area contributed by atoms with Crippen molar-refractivity contribution in [1.29, 1.82) is 0 Å². The molecule has 1 amide bonds. The molecule has 3 unspecified atom stereocenters. The maximum Gasteiger partial charge on any atom is 0.226 e. The van der Waals surface area contributed by atoms with Gasteiger partial charge >= 0.3 is 0 Å². The van der Waals surface area contributed by atoms with Crippen molar-refractivity contribution in [1.82, 2.24) is 10.2 Å². The lowest BCUT2D eigenvalue weighted by Gasteiger charge is -2.32. The number of carbonyl (C=O) groups excluding carboxylic acids is 1. The van der Waals surface area contributed by atoms with E-state index < -0.39 is 0 Å². The third-order valence-electron chi connectivity index (χ3n) is 5.09. The first-order valence-corrected chi connectivity index (χ1v) is 7.78. The van der Waals surface area contributed by atoms with Gasteiger partial charge in [-0.2, -0.15) is 0 Å². The van der Waals surface area contributed by atoms with Gasteiger partial charge in [0.25, 0.3) is 0 Å². The second kappa shape index (κ2) is 6.45. The molecule has 2 aliphatic carbocycles. The summed E-state index contributed by atoms with van der Waals surface area (Å²) in [6.45, 7) is 4.96. The summed E-state index contributed by atoms with van der Waals surface area (Å²) in [6, 6.07) is 0.467. The average Bonchev–Trinajstić information content (AvgIpc) is 3.19. The number of hydrogen-bond donors (Lipinski definition) is 1. The van der Waals surface area contributed by atoms with Gasteiger partial charge in [-0.25, -0.2) is 0 Å². The van der Waals surface area contributed by atoms with E-state index in [4.69, 9.17) is 0 Å². The molecule has 3 fully saturated rings. The minimum atomic E-state index is 0. The Morgan fingerprint density at radius 3 is 2.63 bits per heavy atom. The maximum absolute atomic E-state index is 12.5. The van der Waals surface area contributed by atoms with Gasteiger partial charge in [0.2, 0.25) is 5.91 Å². The molecule has 3 nitrogen and oxygen atoms in total. The molecule has 0 bridgehead atoms. The second-order valence-electron chi connectivity index (χ2n) is 6.54. The van der Waals surface area contributed by atoms with Gasteiger partial charge in [-0.15, -0.1) is 12.4 Å². The van der Waals surface area contributed by atoms with E-state index in [1.807, 2.05) is 0 Å². The SMILES string of the molecule is CC1CN(C(=O)C2CC2C2CCCCC2)CCN1.Cl. The van der Waals surface area contributed by atoms with E-state index in [0.717, 1.165) is 31.5 Å². The summed E-state index contributed by atoms with van der Waals surface area (Å²) in [4.78, 5) is 14.6. The predicted octanol–water partition coefficient (Wildman–Crippen LogP) is 2.44. The summed E-state index contributed by atoms with van der Waals surface area (Å²) in [5.41, 5.74) is 0. The van der Waals surface area contributed by atoms with Crippen molar-refractivity contribution in [3.8, 4) is 0 Å². The van der Waals surface area contributed by atoms with Crippen LogP contribution in [0.4, 0.5) is 0 Å². The molecule has 3 rings (SSSR count). The topological polar surface area (TPSA) is 32.3 Å². The lowest BCUT2D eigenvalue weighted by Crippen LogP contribution is -2.51. The molecule has 19 heavy (non-hydrogen) atoms. The summed E-state index contributed by atoms with van der Waals surface area (Å²) in [5, 5.41) is 3.41. The van der Waals surface area contributed by atoms with Gasteiger partial charge in [0.05, 0.1) is 0 Å². The third kappa shape index (κ3) is 3.43. The first-order valence-electron chi connectivity index (χ1n) is 7.78. The summed E-state index contributed by atoms with van der Waals surface area (Å²) in [5.74, 6) is 2.45. The van der Waals surface area contributed by atoms with Crippen molar-refractivity contribution < 1.29 is 4.79 Å². The smallest absolute Gasteiger partial charge is 0.226 e. The van der Waals surface area contributed by atoms with Crippen LogP contribution >= 0.6 is 12.4 Å². The number of nitrogens with one attached hydrogen (secondary N) is 1. The molecule has 0 aromatic carbocycles. The van der Waals surface area contributed by atoms with Crippen LogP contribution in [-0.4, -0.2) is 36.5 Å². The van der Waals surface area contributed by atoms with Gasteiger partial charge in [0.15, 0.2) is 0 Å². The van der Waals surface area contributed by atoms with Crippen molar-refractivity contribution >= 4 is 18.3 Å². The minimum absolute atomic E-state index is 0. The monoisotopic (exact) mass is 286 g/mol. The van der Waals surface area contributed by atoms with Crippen molar-refractivity contribution in [3.63, 3.8) is 0 Å². The largest absolute Gasteiger partial charge is 0.340 e. The normalized spacial score (nSPS) is 35.6. The highest BCUT2D eigenvalue weighted by Crippen LogP contribution is 2.50. The summed E-state index contributed by atoms with van der Waals surface area (Å²) < 4.78 is 0. The number of rotatable bonds is 2.